The fourth-order valence-corrected chi connectivity index (χ4v) is 4.24. The average Bonchev–Trinajstić information content (AvgIpc) is 3.24. The second-order valence-electron chi connectivity index (χ2n) is 8.46. The summed E-state index contributed by atoms with van der Waals surface area (Å²) in [6.07, 6.45) is 3.48. The molecule has 1 aliphatic heterocycles. The lowest BCUT2D eigenvalue weighted by Crippen LogP contribution is -2.37. The molecular formula is C25H32N4O. The summed E-state index contributed by atoms with van der Waals surface area (Å²) >= 11 is 0. The number of rotatable bonds is 8. The van der Waals surface area contributed by atoms with Gasteiger partial charge in [0.15, 0.2) is 0 Å². The number of nitrogens with zero attached hydrogens (tertiary/aromatic N) is 4. The van der Waals surface area contributed by atoms with Crippen LogP contribution in [0.3, 0.4) is 0 Å². The molecule has 0 unspecified atom stereocenters. The molecule has 158 valence electrons. The van der Waals surface area contributed by atoms with Crippen LogP contribution in [-0.4, -0.2) is 46.6 Å². The van der Waals surface area contributed by atoms with Crippen LogP contribution in [0.4, 0.5) is 0 Å². The number of piperidine rings is 1. The van der Waals surface area contributed by atoms with E-state index in [1.165, 1.54) is 24.0 Å². The highest BCUT2D eigenvalue weighted by Gasteiger charge is 2.22. The first-order valence-corrected chi connectivity index (χ1v) is 11.1. The van der Waals surface area contributed by atoms with E-state index in [2.05, 4.69) is 88.5 Å². The molecule has 2 aromatic carbocycles. The standard InChI is InChI=1S/C25H32N4O/c1-3-20-9-11-23(12-10-20)25-26-24(30-27-25)19-29-15-13-22(14-16-29)18-28(2)17-21-7-5-4-6-8-21/h4-12,22H,3,13-19H2,1-2H3. The van der Waals surface area contributed by atoms with Crippen molar-refractivity contribution in [1.29, 1.82) is 0 Å². The SMILES string of the molecule is CCc1ccc(-c2noc(CN3CCC(CN(C)Cc4ccccc4)CC3)n2)cc1. The molecule has 1 saturated heterocycles. The van der Waals surface area contributed by atoms with Crippen LogP contribution in [0.2, 0.25) is 0 Å². The molecule has 1 aliphatic rings. The molecule has 1 fully saturated rings. The van der Waals surface area contributed by atoms with Gasteiger partial charge in [0.25, 0.3) is 0 Å². The summed E-state index contributed by atoms with van der Waals surface area (Å²) in [7, 11) is 2.23. The summed E-state index contributed by atoms with van der Waals surface area (Å²) in [6, 6.07) is 19.1. The quantitative estimate of drug-likeness (QED) is 0.547. The van der Waals surface area contributed by atoms with Gasteiger partial charge in [-0.2, -0.15) is 4.98 Å². The Kier molecular flexibility index (Phi) is 6.92. The van der Waals surface area contributed by atoms with Crippen LogP contribution in [0.25, 0.3) is 11.4 Å². The molecule has 0 saturated carbocycles. The van der Waals surface area contributed by atoms with Crippen molar-refractivity contribution >= 4 is 0 Å². The van der Waals surface area contributed by atoms with E-state index in [1.807, 2.05) is 0 Å². The topological polar surface area (TPSA) is 45.4 Å². The van der Waals surface area contributed by atoms with Crippen molar-refractivity contribution in [3.8, 4) is 11.4 Å². The van der Waals surface area contributed by atoms with Crippen LogP contribution in [-0.2, 0) is 19.5 Å². The number of hydrogen-bond acceptors (Lipinski definition) is 5. The fraction of sp³-hybridized carbons (Fsp3) is 0.440. The van der Waals surface area contributed by atoms with Gasteiger partial charge >= 0.3 is 0 Å². The fourth-order valence-electron chi connectivity index (χ4n) is 4.24. The Morgan fingerprint density at radius 2 is 1.73 bits per heavy atom. The third kappa shape index (κ3) is 5.55. The summed E-state index contributed by atoms with van der Waals surface area (Å²) in [5, 5.41) is 4.18. The average molecular weight is 405 g/mol. The molecule has 5 heteroatoms. The second kappa shape index (κ2) is 10.0. The maximum atomic E-state index is 5.53. The molecule has 5 nitrogen and oxygen atoms in total. The Labute approximate surface area is 179 Å². The molecule has 0 bridgehead atoms. The van der Waals surface area contributed by atoms with Gasteiger partial charge in [-0.25, -0.2) is 0 Å². The highest BCUT2D eigenvalue weighted by atomic mass is 16.5. The van der Waals surface area contributed by atoms with Gasteiger partial charge in [-0.05, 0) is 56.4 Å². The summed E-state index contributed by atoms with van der Waals surface area (Å²) in [4.78, 5) is 9.50. The highest BCUT2D eigenvalue weighted by molar-refractivity contribution is 5.54. The van der Waals surface area contributed by atoms with E-state index in [0.29, 0.717) is 11.7 Å². The van der Waals surface area contributed by atoms with Gasteiger partial charge in [0, 0.05) is 18.7 Å². The maximum Gasteiger partial charge on any atom is 0.241 e. The minimum absolute atomic E-state index is 0.685. The van der Waals surface area contributed by atoms with Crippen molar-refractivity contribution in [1.82, 2.24) is 19.9 Å². The third-order valence-corrected chi connectivity index (χ3v) is 6.02. The first kappa shape index (κ1) is 20.8. The lowest BCUT2D eigenvalue weighted by atomic mass is 9.96. The predicted octanol–water partition coefficient (Wildman–Crippen LogP) is 4.64. The molecule has 30 heavy (non-hydrogen) atoms. The monoisotopic (exact) mass is 404 g/mol. The summed E-state index contributed by atoms with van der Waals surface area (Å²) in [5.41, 5.74) is 3.72. The van der Waals surface area contributed by atoms with E-state index in [-0.39, 0.29) is 0 Å². The first-order chi connectivity index (χ1) is 14.7. The predicted molar refractivity (Wildman–Crippen MR) is 120 cm³/mol. The molecule has 0 atom stereocenters. The van der Waals surface area contributed by atoms with Crippen molar-refractivity contribution in [2.75, 3.05) is 26.7 Å². The summed E-state index contributed by atoms with van der Waals surface area (Å²) in [6.45, 7) is 7.25. The lowest BCUT2D eigenvalue weighted by molar-refractivity contribution is 0.135. The van der Waals surface area contributed by atoms with Gasteiger partial charge in [-0.3, -0.25) is 4.90 Å². The van der Waals surface area contributed by atoms with Crippen LogP contribution >= 0.6 is 0 Å². The summed E-state index contributed by atoms with van der Waals surface area (Å²) in [5.74, 6) is 2.15. The zero-order chi connectivity index (χ0) is 20.8. The smallest absolute Gasteiger partial charge is 0.241 e. The molecular weight excluding hydrogens is 372 g/mol. The zero-order valence-electron chi connectivity index (χ0n) is 18.1. The number of aryl methyl sites for hydroxylation is 1. The zero-order valence-corrected chi connectivity index (χ0v) is 18.1. The van der Waals surface area contributed by atoms with Gasteiger partial charge in [0.2, 0.25) is 11.7 Å². The van der Waals surface area contributed by atoms with E-state index < -0.39 is 0 Å². The maximum absolute atomic E-state index is 5.53. The molecule has 0 radical (unpaired) electrons. The molecule has 1 aromatic heterocycles. The van der Waals surface area contributed by atoms with Gasteiger partial charge < -0.3 is 9.42 Å². The molecule has 4 rings (SSSR count). The molecule has 2 heterocycles. The van der Waals surface area contributed by atoms with Crippen LogP contribution < -0.4 is 0 Å². The minimum atomic E-state index is 0.685. The van der Waals surface area contributed by atoms with Crippen LogP contribution in [0.1, 0.15) is 36.8 Å². The van der Waals surface area contributed by atoms with E-state index in [0.717, 1.165) is 50.6 Å². The Hall–Kier alpha value is -2.50. The van der Waals surface area contributed by atoms with Crippen molar-refractivity contribution in [2.45, 2.75) is 39.3 Å². The Bertz CT molecular complexity index is 898. The first-order valence-electron chi connectivity index (χ1n) is 11.1. The van der Waals surface area contributed by atoms with E-state index in [1.54, 1.807) is 0 Å². The number of hydrogen-bond donors (Lipinski definition) is 0. The van der Waals surface area contributed by atoms with Crippen LogP contribution in [0, 0.1) is 5.92 Å². The van der Waals surface area contributed by atoms with Crippen molar-refractivity contribution < 1.29 is 4.52 Å². The van der Waals surface area contributed by atoms with Crippen LogP contribution in [0.5, 0.6) is 0 Å². The normalized spacial score (nSPS) is 15.7. The van der Waals surface area contributed by atoms with Crippen molar-refractivity contribution in [3.05, 3.63) is 71.6 Å². The minimum Gasteiger partial charge on any atom is -0.338 e. The molecule has 0 N–H and O–H groups in total. The Balaban J connectivity index is 1.23. The summed E-state index contributed by atoms with van der Waals surface area (Å²) < 4.78 is 5.53. The Morgan fingerprint density at radius 3 is 2.43 bits per heavy atom. The largest absolute Gasteiger partial charge is 0.338 e. The van der Waals surface area contributed by atoms with Crippen molar-refractivity contribution in [2.24, 2.45) is 5.92 Å². The van der Waals surface area contributed by atoms with E-state index in [9.17, 15) is 0 Å². The molecule has 0 amide bonds. The molecule has 3 aromatic rings. The number of likely N-dealkylation sites (tertiary alicyclic amines) is 1. The second-order valence-corrected chi connectivity index (χ2v) is 8.46. The Morgan fingerprint density at radius 1 is 1.00 bits per heavy atom. The van der Waals surface area contributed by atoms with Gasteiger partial charge in [-0.15, -0.1) is 0 Å². The van der Waals surface area contributed by atoms with Gasteiger partial charge in [-0.1, -0.05) is 66.7 Å². The van der Waals surface area contributed by atoms with Crippen LogP contribution in [0.15, 0.2) is 59.1 Å². The van der Waals surface area contributed by atoms with Crippen molar-refractivity contribution in [3.63, 3.8) is 0 Å². The van der Waals surface area contributed by atoms with E-state index in [4.69, 9.17) is 4.52 Å². The molecule has 0 spiro atoms. The van der Waals surface area contributed by atoms with Gasteiger partial charge in [0.1, 0.15) is 0 Å². The number of benzene rings is 2. The third-order valence-electron chi connectivity index (χ3n) is 6.02. The number of aromatic nitrogens is 2. The van der Waals surface area contributed by atoms with Gasteiger partial charge in [0.05, 0.1) is 6.54 Å². The van der Waals surface area contributed by atoms with E-state index >= 15 is 0 Å². The highest BCUT2D eigenvalue weighted by Crippen LogP contribution is 2.22. The molecule has 0 aliphatic carbocycles. The lowest BCUT2D eigenvalue weighted by Gasteiger charge is -2.33.